The zero-order valence-electron chi connectivity index (χ0n) is 14.4. The molecule has 0 atom stereocenters. The number of thiazole rings is 1. The van der Waals surface area contributed by atoms with Gasteiger partial charge in [0.1, 0.15) is 6.54 Å². The fourth-order valence-electron chi connectivity index (χ4n) is 2.78. The molecule has 0 radical (unpaired) electrons. The van der Waals surface area contributed by atoms with E-state index in [1.54, 1.807) is 12.1 Å². The number of aromatic hydroxyl groups is 1. The van der Waals surface area contributed by atoms with Crippen molar-refractivity contribution in [1.29, 1.82) is 0 Å². The smallest absolute Gasteiger partial charge is 0.323 e. The van der Waals surface area contributed by atoms with E-state index in [-0.39, 0.29) is 21.4 Å². The molecule has 2 N–H and O–H groups in total. The number of fused-ring (bicyclic) bond motifs is 1. The second kappa shape index (κ2) is 7.05. The highest BCUT2D eigenvalue weighted by Gasteiger charge is 2.26. The van der Waals surface area contributed by atoms with E-state index in [2.05, 4.69) is 4.99 Å². The molecule has 140 valence electrons. The molecule has 2 aromatic rings. The van der Waals surface area contributed by atoms with Gasteiger partial charge in [-0.05, 0) is 30.3 Å². The number of allylic oxidation sites excluding steroid dienone is 1. The van der Waals surface area contributed by atoms with E-state index in [4.69, 9.17) is 17.3 Å². The first kappa shape index (κ1) is 18.9. The topological polar surface area (TPSA) is 118 Å². The summed E-state index contributed by atoms with van der Waals surface area (Å²) in [5.74, 6) is -1.33. The van der Waals surface area contributed by atoms with Crippen LogP contribution in [0, 0.1) is 20.0 Å². The number of aliphatic carboxylic acids is 1. The molecule has 3 rings (SSSR count). The third-order valence-electron chi connectivity index (χ3n) is 4.01. The van der Waals surface area contributed by atoms with Gasteiger partial charge in [-0.3, -0.25) is 24.5 Å². The minimum Gasteiger partial charge on any atom is -0.493 e. The van der Waals surface area contributed by atoms with Gasteiger partial charge in [0.05, 0.1) is 21.2 Å². The van der Waals surface area contributed by atoms with Gasteiger partial charge in [-0.25, -0.2) is 0 Å². The van der Waals surface area contributed by atoms with Gasteiger partial charge in [0.2, 0.25) is 5.88 Å². The number of carbonyl (C=O) groups is 1. The van der Waals surface area contributed by atoms with Gasteiger partial charge < -0.3 is 10.2 Å². The second-order valence-electron chi connectivity index (χ2n) is 6.20. The number of nitro benzene ring substituents is 1. The lowest BCUT2D eigenvalue weighted by Gasteiger charge is -2.08. The van der Waals surface area contributed by atoms with Crippen LogP contribution in [-0.4, -0.2) is 31.4 Å². The van der Waals surface area contributed by atoms with Crippen molar-refractivity contribution >= 4 is 58.3 Å². The minimum absolute atomic E-state index is 0.0407. The Kier molecular flexibility index (Phi) is 4.94. The Morgan fingerprint density at radius 2 is 2.19 bits per heavy atom. The molecule has 0 amide bonds. The molecule has 0 saturated heterocycles. The molecule has 27 heavy (non-hydrogen) atoms. The fraction of sp³-hybridized carbons (Fsp3) is 0.235. The van der Waals surface area contributed by atoms with Crippen molar-refractivity contribution in [2.24, 2.45) is 10.9 Å². The third-order valence-corrected chi connectivity index (χ3v) is 5.39. The summed E-state index contributed by atoms with van der Waals surface area (Å²) >= 11 is 6.21. The van der Waals surface area contributed by atoms with E-state index >= 15 is 0 Å². The largest absolute Gasteiger partial charge is 0.493 e. The van der Waals surface area contributed by atoms with E-state index in [0.29, 0.717) is 21.7 Å². The average Bonchev–Trinajstić information content (AvgIpc) is 3.07. The van der Waals surface area contributed by atoms with Gasteiger partial charge in [0.15, 0.2) is 3.95 Å². The predicted molar refractivity (Wildman–Crippen MR) is 105 cm³/mol. The molecule has 0 bridgehead atoms. The molecular formula is C17H15N3O5S2. The molecular weight excluding hydrogens is 390 g/mol. The van der Waals surface area contributed by atoms with Crippen LogP contribution >= 0.6 is 23.6 Å². The number of hydrogen-bond donors (Lipinski definition) is 2. The quantitative estimate of drug-likeness (QED) is 0.436. The number of nitrogens with zero attached hydrogens (tertiary/aromatic N) is 3. The van der Waals surface area contributed by atoms with Crippen molar-refractivity contribution in [2.45, 2.75) is 20.4 Å². The number of aliphatic imine (C=N–C) groups is 1. The number of benzene rings is 1. The van der Waals surface area contributed by atoms with Crippen molar-refractivity contribution in [2.75, 3.05) is 0 Å². The second-order valence-corrected chi connectivity index (χ2v) is 7.88. The molecule has 1 aliphatic heterocycles. The van der Waals surface area contributed by atoms with Crippen LogP contribution in [0.4, 0.5) is 11.4 Å². The van der Waals surface area contributed by atoms with E-state index in [0.717, 1.165) is 21.6 Å². The Morgan fingerprint density at radius 1 is 1.48 bits per heavy atom. The van der Waals surface area contributed by atoms with Gasteiger partial charge in [-0.15, -0.1) is 11.3 Å². The van der Waals surface area contributed by atoms with Crippen LogP contribution < -0.4 is 0 Å². The van der Waals surface area contributed by atoms with Crippen molar-refractivity contribution in [1.82, 2.24) is 4.57 Å². The summed E-state index contributed by atoms with van der Waals surface area (Å²) in [6, 6.07) is 4.44. The lowest BCUT2D eigenvalue weighted by atomic mass is 9.95. The number of aromatic nitrogens is 1. The minimum atomic E-state index is -1.12. The van der Waals surface area contributed by atoms with Crippen LogP contribution in [0.3, 0.4) is 0 Å². The molecule has 0 aliphatic carbocycles. The lowest BCUT2D eigenvalue weighted by Crippen LogP contribution is -2.08. The van der Waals surface area contributed by atoms with Gasteiger partial charge in [-0.2, -0.15) is 0 Å². The Bertz CT molecular complexity index is 1080. The number of non-ortho nitro benzene ring substituents is 1. The molecule has 1 aromatic carbocycles. The summed E-state index contributed by atoms with van der Waals surface area (Å²) in [6.45, 7) is 3.45. The van der Waals surface area contributed by atoms with Crippen LogP contribution in [0.15, 0.2) is 23.2 Å². The molecule has 0 spiro atoms. The molecule has 0 unspecified atom stereocenters. The highest BCUT2D eigenvalue weighted by atomic mass is 32.1. The van der Waals surface area contributed by atoms with Gasteiger partial charge >= 0.3 is 5.97 Å². The van der Waals surface area contributed by atoms with Crippen LogP contribution in [-0.2, 0) is 11.3 Å². The van der Waals surface area contributed by atoms with Crippen LogP contribution in [0.25, 0.3) is 11.6 Å². The van der Waals surface area contributed by atoms with Crippen LogP contribution in [0.5, 0.6) is 5.88 Å². The Morgan fingerprint density at radius 3 is 2.78 bits per heavy atom. The average molecular weight is 405 g/mol. The van der Waals surface area contributed by atoms with Crippen molar-refractivity contribution in [3.8, 4) is 5.88 Å². The SMILES string of the molecule is CC(C)C1=Nc2ccc([N+](=O)[O-])cc2C1=Cc1sc(=S)n(CC(=O)O)c1O. The highest BCUT2D eigenvalue weighted by Crippen LogP contribution is 2.41. The van der Waals surface area contributed by atoms with Gasteiger partial charge in [-0.1, -0.05) is 13.8 Å². The number of carboxylic acids is 1. The predicted octanol–water partition coefficient (Wildman–Crippen LogP) is 4.26. The van der Waals surface area contributed by atoms with Crippen LogP contribution in [0.1, 0.15) is 24.3 Å². The first-order chi connectivity index (χ1) is 12.7. The third kappa shape index (κ3) is 3.53. The Balaban J connectivity index is 2.17. The normalized spacial score (nSPS) is 14.5. The highest BCUT2D eigenvalue weighted by molar-refractivity contribution is 7.73. The molecule has 10 heteroatoms. The summed E-state index contributed by atoms with van der Waals surface area (Å²) in [4.78, 5) is 26.5. The summed E-state index contributed by atoms with van der Waals surface area (Å²) in [7, 11) is 0. The molecule has 2 heterocycles. The molecule has 8 nitrogen and oxygen atoms in total. The molecule has 0 fully saturated rings. The molecule has 0 saturated carbocycles. The maximum atomic E-state index is 11.1. The zero-order valence-corrected chi connectivity index (χ0v) is 16.0. The number of nitro groups is 1. The van der Waals surface area contributed by atoms with E-state index in [9.17, 15) is 20.0 Å². The van der Waals surface area contributed by atoms with Crippen molar-refractivity contribution in [3.63, 3.8) is 0 Å². The first-order valence-electron chi connectivity index (χ1n) is 7.93. The summed E-state index contributed by atoms with van der Waals surface area (Å²) in [5.41, 5.74) is 2.53. The Hall–Kier alpha value is -2.85. The monoisotopic (exact) mass is 405 g/mol. The fourth-order valence-corrected chi connectivity index (χ4v) is 4.03. The van der Waals surface area contributed by atoms with Crippen LogP contribution in [0.2, 0.25) is 0 Å². The molecule has 1 aliphatic rings. The van der Waals surface area contributed by atoms with E-state index in [1.165, 1.54) is 12.1 Å². The van der Waals surface area contributed by atoms with Crippen molar-refractivity contribution < 1.29 is 19.9 Å². The number of hydrogen-bond acceptors (Lipinski definition) is 7. The van der Waals surface area contributed by atoms with Gasteiger partial charge in [0, 0.05) is 23.3 Å². The number of rotatable bonds is 5. The maximum Gasteiger partial charge on any atom is 0.323 e. The lowest BCUT2D eigenvalue weighted by molar-refractivity contribution is -0.384. The summed E-state index contributed by atoms with van der Waals surface area (Å²) in [6.07, 6.45) is 1.66. The standard InChI is InChI=1S/C17H15N3O5S2/c1-8(2)15-11(10-5-9(20(24)25)3-4-12(10)18-15)6-13-16(23)19(7-14(21)22)17(26)27-13/h3-6,8,23H,7H2,1-2H3,(H,21,22). The first-order valence-corrected chi connectivity index (χ1v) is 9.15. The van der Waals surface area contributed by atoms with Gasteiger partial charge in [0.25, 0.3) is 5.69 Å². The maximum absolute atomic E-state index is 11.1. The number of carboxylic acid groups (broad SMARTS) is 1. The van der Waals surface area contributed by atoms with E-state index in [1.807, 2.05) is 13.8 Å². The van der Waals surface area contributed by atoms with Crippen molar-refractivity contribution in [3.05, 3.63) is 42.7 Å². The summed E-state index contributed by atoms with van der Waals surface area (Å²) < 4.78 is 1.35. The zero-order chi connectivity index (χ0) is 19.9. The molecule has 1 aromatic heterocycles. The van der Waals surface area contributed by atoms with E-state index < -0.39 is 17.4 Å². The Labute approximate surface area is 162 Å². The summed E-state index contributed by atoms with van der Waals surface area (Å²) in [5, 5.41) is 30.5.